The number of benzene rings is 2. The highest BCUT2D eigenvalue weighted by Crippen LogP contribution is 2.29. The maximum atomic E-state index is 5.98. The standard InChI is InChI=1S/C23H33NO3.ClH/c1-4-5-14-26-15-8-13-24-17-20-11-12-22(23(16-20)25-3)27-18-21-10-7-6-9-19(21)2;/h6-7,9-12,16,24H,4-5,8,13-15,17-18H2,1-3H3;1H. The van der Waals surface area contributed by atoms with Crippen LogP contribution in [-0.4, -0.2) is 26.9 Å². The van der Waals surface area contributed by atoms with Crippen LogP contribution in [0, 0.1) is 6.92 Å². The molecule has 28 heavy (non-hydrogen) atoms. The van der Waals surface area contributed by atoms with E-state index in [1.807, 2.05) is 24.3 Å². The second kappa shape index (κ2) is 14.3. The van der Waals surface area contributed by atoms with Gasteiger partial charge in [-0.25, -0.2) is 0 Å². The van der Waals surface area contributed by atoms with Crippen molar-refractivity contribution in [2.45, 2.75) is 46.3 Å². The SMILES string of the molecule is CCCCOCCCNCc1ccc(OCc2ccccc2C)c(OC)c1.Cl. The molecule has 0 unspecified atom stereocenters. The fourth-order valence-corrected chi connectivity index (χ4v) is 2.75. The highest BCUT2D eigenvalue weighted by Gasteiger charge is 2.07. The van der Waals surface area contributed by atoms with Crippen molar-refractivity contribution >= 4 is 12.4 Å². The minimum Gasteiger partial charge on any atom is -0.493 e. The van der Waals surface area contributed by atoms with Crippen LogP contribution in [0.1, 0.15) is 42.9 Å². The molecule has 0 saturated heterocycles. The first-order chi connectivity index (χ1) is 13.2. The Morgan fingerprint density at radius 2 is 1.75 bits per heavy atom. The van der Waals surface area contributed by atoms with Gasteiger partial charge in [0.1, 0.15) is 6.61 Å². The second-order valence-corrected chi connectivity index (χ2v) is 6.70. The second-order valence-electron chi connectivity index (χ2n) is 6.70. The van der Waals surface area contributed by atoms with Crippen LogP contribution in [0.3, 0.4) is 0 Å². The monoisotopic (exact) mass is 407 g/mol. The van der Waals surface area contributed by atoms with Gasteiger partial charge >= 0.3 is 0 Å². The summed E-state index contributed by atoms with van der Waals surface area (Å²) in [5.74, 6) is 1.54. The van der Waals surface area contributed by atoms with E-state index in [2.05, 4.69) is 37.4 Å². The molecule has 5 heteroatoms. The quantitative estimate of drug-likeness (QED) is 0.457. The van der Waals surface area contributed by atoms with Crippen LogP contribution in [0.5, 0.6) is 11.5 Å². The molecule has 4 nitrogen and oxygen atoms in total. The van der Waals surface area contributed by atoms with Gasteiger partial charge < -0.3 is 19.5 Å². The molecule has 0 aromatic heterocycles. The van der Waals surface area contributed by atoms with Crippen molar-refractivity contribution in [3.63, 3.8) is 0 Å². The lowest BCUT2D eigenvalue weighted by molar-refractivity contribution is 0.129. The highest BCUT2D eigenvalue weighted by molar-refractivity contribution is 5.85. The summed E-state index contributed by atoms with van der Waals surface area (Å²) in [5.41, 5.74) is 3.60. The number of aryl methyl sites for hydroxylation is 1. The average Bonchev–Trinajstić information content (AvgIpc) is 2.69. The van der Waals surface area contributed by atoms with Crippen molar-refractivity contribution in [2.75, 3.05) is 26.9 Å². The Labute approximate surface area is 176 Å². The van der Waals surface area contributed by atoms with Crippen LogP contribution >= 0.6 is 12.4 Å². The van der Waals surface area contributed by atoms with Gasteiger partial charge in [-0.3, -0.25) is 0 Å². The van der Waals surface area contributed by atoms with E-state index in [1.165, 1.54) is 23.1 Å². The Balaban J connectivity index is 0.00000392. The summed E-state index contributed by atoms with van der Waals surface area (Å²) in [6.45, 7) is 8.26. The van der Waals surface area contributed by atoms with E-state index in [1.54, 1.807) is 7.11 Å². The molecule has 0 spiro atoms. The molecular formula is C23H34ClNO3. The minimum atomic E-state index is 0. The van der Waals surface area contributed by atoms with E-state index in [9.17, 15) is 0 Å². The Kier molecular flexibility index (Phi) is 12.4. The topological polar surface area (TPSA) is 39.7 Å². The first kappa shape index (κ1) is 24.3. The lowest BCUT2D eigenvalue weighted by atomic mass is 10.1. The number of hydrogen-bond donors (Lipinski definition) is 1. The molecule has 0 aliphatic rings. The third kappa shape index (κ3) is 8.51. The molecule has 1 N–H and O–H groups in total. The number of rotatable bonds is 13. The molecule has 2 rings (SSSR count). The van der Waals surface area contributed by atoms with E-state index in [4.69, 9.17) is 14.2 Å². The molecule has 0 fully saturated rings. The molecule has 0 bridgehead atoms. The summed E-state index contributed by atoms with van der Waals surface area (Å²) in [5, 5.41) is 3.45. The molecule has 0 amide bonds. The van der Waals surface area contributed by atoms with Crippen LogP contribution in [0.4, 0.5) is 0 Å². The number of nitrogens with one attached hydrogen (secondary N) is 1. The molecule has 2 aromatic carbocycles. The summed E-state index contributed by atoms with van der Waals surface area (Å²) in [4.78, 5) is 0. The van der Waals surface area contributed by atoms with Gasteiger partial charge in [0.2, 0.25) is 0 Å². The molecule has 0 heterocycles. The van der Waals surface area contributed by atoms with Crippen LogP contribution in [0.25, 0.3) is 0 Å². The van der Waals surface area contributed by atoms with Crippen molar-refractivity contribution in [3.8, 4) is 11.5 Å². The predicted octanol–water partition coefficient (Wildman–Crippen LogP) is 5.30. The molecular weight excluding hydrogens is 374 g/mol. The van der Waals surface area contributed by atoms with Crippen molar-refractivity contribution in [1.82, 2.24) is 5.32 Å². The summed E-state index contributed by atoms with van der Waals surface area (Å²) < 4.78 is 17.1. The van der Waals surface area contributed by atoms with Gasteiger partial charge in [-0.1, -0.05) is 43.7 Å². The lowest BCUT2D eigenvalue weighted by Gasteiger charge is -2.13. The van der Waals surface area contributed by atoms with Crippen LogP contribution in [0.2, 0.25) is 0 Å². The first-order valence-corrected chi connectivity index (χ1v) is 9.87. The zero-order chi connectivity index (χ0) is 19.3. The maximum Gasteiger partial charge on any atom is 0.161 e. The molecule has 156 valence electrons. The summed E-state index contributed by atoms with van der Waals surface area (Å²) in [6, 6.07) is 14.4. The van der Waals surface area contributed by atoms with Gasteiger partial charge in [-0.2, -0.15) is 0 Å². The smallest absolute Gasteiger partial charge is 0.161 e. The zero-order valence-electron chi connectivity index (χ0n) is 17.3. The number of methoxy groups -OCH3 is 1. The van der Waals surface area contributed by atoms with E-state index in [0.29, 0.717) is 6.61 Å². The normalized spacial score (nSPS) is 10.4. The summed E-state index contributed by atoms with van der Waals surface area (Å²) in [7, 11) is 1.68. The Bertz CT molecular complexity index is 679. The van der Waals surface area contributed by atoms with Crippen molar-refractivity contribution < 1.29 is 14.2 Å². The third-order valence-corrected chi connectivity index (χ3v) is 4.49. The van der Waals surface area contributed by atoms with E-state index in [-0.39, 0.29) is 12.4 Å². The lowest BCUT2D eigenvalue weighted by Crippen LogP contribution is -2.16. The van der Waals surface area contributed by atoms with Gasteiger partial charge in [-0.05, 0) is 55.1 Å². The van der Waals surface area contributed by atoms with E-state index >= 15 is 0 Å². The van der Waals surface area contributed by atoms with E-state index in [0.717, 1.165) is 50.6 Å². The van der Waals surface area contributed by atoms with Crippen molar-refractivity contribution in [3.05, 3.63) is 59.2 Å². The van der Waals surface area contributed by atoms with Gasteiger partial charge in [0.25, 0.3) is 0 Å². The third-order valence-electron chi connectivity index (χ3n) is 4.49. The Morgan fingerprint density at radius 1 is 0.964 bits per heavy atom. The molecule has 0 radical (unpaired) electrons. The average molecular weight is 408 g/mol. The fraction of sp³-hybridized carbons (Fsp3) is 0.478. The predicted molar refractivity (Wildman–Crippen MR) is 118 cm³/mol. The number of unbranched alkanes of at least 4 members (excludes halogenated alkanes) is 1. The van der Waals surface area contributed by atoms with Gasteiger partial charge in [-0.15, -0.1) is 12.4 Å². The van der Waals surface area contributed by atoms with Crippen molar-refractivity contribution in [1.29, 1.82) is 0 Å². The van der Waals surface area contributed by atoms with E-state index < -0.39 is 0 Å². The molecule has 0 saturated carbocycles. The minimum absolute atomic E-state index is 0. The fourth-order valence-electron chi connectivity index (χ4n) is 2.75. The summed E-state index contributed by atoms with van der Waals surface area (Å²) in [6.07, 6.45) is 3.36. The molecule has 2 aromatic rings. The molecule has 0 aliphatic carbocycles. The molecule has 0 aliphatic heterocycles. The van der Waals surface area contributed by atoms with Crippen molar-refractivity contribution in [2.24, 2.45) is 0 Å². The number of halogens is 1. The van der Waals surface area contributed by atoms with Crippen LogP contribution < -0.4 is 14.8 Å². The number of hydrogen-bond acceptors (Lipinski definition) is 4. The van der Waals surface area contributed by atoms with Crippen LogP contribution in [0.15, 0.2) is 42.5 Å². The van der Waals surface area contributed by atoms with Crippen LogP contribution in [-0.2, 0) is 17.9 Å². The first-order valence-electron chi connectivity index (χ1n) is 9.87. The van der Waals surface area contributed by atoms with Gasteiger partial charge in [0.15, 0.2) is 11.5 Å². The van der Waals surface area contributed by atoms with Gasteiger partial charge in [0, 0.05) is 19.8 Å². The Hall–Kier alpha value is -1.75. The highest BCUT2D eigenvalue weighted by atomic mass is 35.5. The summed E-state index contributed by atoms with van der Waals surface area (Å²) >= 11 is 0. The maximum absolute atomic E-state index is 5.98. The zero-order valence-corrected chi connectivity index (χ0v) is 18.1. The largest absolute Gasteiger partial charge is 0.493 e. The number of ether oxygens (including phenoxy) is 3. The Morgan fingerprint density at radius 3 is 2.50 bits per heavy atom. The molecule has 0 atom stereocenters. The van der Waals surface area contributed by atoms with Gasteiger partial charge in [0.05, 0.1) is 7.11 Å².